The molecule has 0 saturated carbocycles. The van der Waals surface area contributed by atoms with E-state index in [0.29, 0.717) is 22.4 Å². The molecule has 0 aliphatic carbocycles. The summed E-state index contributed by atoms with van der Waals surface area (Å²) in [6.45, 7) is 0.275. The van der Waals surface area contributed by atoms with Gasteiger partial charge in [0.05, 0.1) is 32.5 Å². The van der Waals surface area contributed by atoms with Gasteiger partial charge in [0.1, 0.15) is 0 Å². The molecule has 0 aliphatic rings. The van der Waals surface area contributed by atoms with Gasteiger partial charge in [0.15, 0.2) is 22.3 Å². The molecule has 0 bridgehead atoms. The SMILES string of the molecule is COc1ccc(CN(C)C(=O)c2nc(SC)ncc2Cl)c(OC)c1OC. The molecule has 2 aromatic rings. The minimum atomic E-state index is -0.315. The number of carbonyl (C=O) groups is 1. The molecule has 26 heavy (non-hydrogen) atoms. The van der Waals surface area contributed by atoms with Crippen LogP contribution in [0, 0.1) is 0 Å². The van der Waals surface area contributed by atoms with Gasteiger partial charge in [-0.25, -0.2) is 9.97 Å². The van der Waals surface area contributed by atoms with Gasteiger partial charge in [-0.2, -0.15) is 0 Å². The number of amides is 1. The van der Waals surface area contributed by atoms with Crippen LogP contribution in [-0.4, -0.2) is 55.4 Å². The summed E-state index contributed by atoms with van der Waals surface area (Å²) in [5, 5.41) is 0.689. The molecule has 0 aliphatic heterocycles. The lowest BCUT2D eigenvalue weighted by Gasteiger charge is -2.21. The van der Waals surface area contributed by atoms with Crippen LogP contribution in [-0.2, 0) is 6.54 Å². The van der Waals surface area contributed by atoms with Crippen LogP contribution in [0.15, 0.2) is 23.5 Å². The first-order valence-electron chi connectivity index (χ1n) is 7.56. The molecular formula is C17H20ClN3O4S. The second kappa shape index (κ2) is 8.95. The summed E-state index contributed by atoms with van der Waals surface area (Å²) in [6.07, 6.45) is 3.26. The Labute approximate surface area is 161 Å². The van der Waals surface area contributed by atoms with E-state index in [4.69, 9.17) is 25.8 Å². The molecule has 9 heteroatoms. The highest BCUT2D eigenvalue weighted by Gasteiger charge is 2.22. The average molecular weight is 398 g/mol. The number of nitrogens with zero attached hydrogens (tertiary/aromatic N) is 3. The second-order valence-corrected chi connectivity index (χ2v) is 6.39. The molecule has 0 unspecified atom stereocenters. The lowest BCUT2D eigenvalue weighted by atomic mass is 10.1. The molecule has 0 atom stereocenters. The van der Waals surface area contributed by atoms with Gasteiger partial charge in [-0.3, -0.25) is 4.79 Å². The van der Waals surface area contributed by atoms with Crippen molar-refractivity contribution >= 4 is 29.3 Å². The maximum atomic E-state index is 12.8. The number of ether oxygens (including phenoxy) is 3. The van der Waals surface area contributed by atoms with E-state index in [0.717, 1.165) is 5.56 Å². The highest BCUT2D eigenvalue weighted by molar-refractivity contribution is 7.98. The molecular weight excluding hydrogens is 378 g/mol. The van der Waals surface area contributed by atoms with Crippen molar-refractivity contribution in [1.29, 1.82) is 0 Å². The molecule has 0 saturated heterocycles. The fourth-order valence-electron chi connectivity index (χ4n) is 2.40. The summed E-state index contributed by atoms with van der Waals surface area (Å²) in [6, 6.07) is 3.58. The van der Waals surface area contributed by atoms with E-state index in [9.17, 15) is 4.79 Å². The summed E-state index contributed by atoms with van der Waals surface area (Å²) >= 11 is 7.44. The van der Waals surface area contributed by atoms with Crippen molar-refractivity contribution < 1.29 is 19.0 Å². The van der Waals surface area contributed by atoms with Crippen LogP contribution in [0.25, 0.3) is 0 Å². The monoisotopic (exact) mass is 397 g/mol. The van der Waals surface area contributed by atoms with Gasteiger partial charge in [0.25, 0.3) is 5.91 Å². The molecule has 1 heterocycles. The lowest BCUT2D eigenvalue weighted by Crippen LogP contribution is -2.28. The smallest absolute Gasteiger partial charge is 0.274 e. The third-order valence-electron chi connectivity index (χ3n) is 3.65. The molecule has 2 rings (SSSR count). The predicted octanol–water partition coefficient (Wildman–Crippen LogP) is 3.15. The summed E-state index contributed by atoms with van der Waals surface area (Å²) in [7, 11) is 6.28. The van der Waals surface area contributed by atoms with Crippen molar-refractivity contribution in [2.45, 2.75) is 11.7 Å². The fraction of sp³-hybridized carbons (Fsp3) is 0.353. The topological polar surface area (TPSA) is 73.8 Å². The quantitative estimate of drug-likeness (QED) is 0.524. The summed E-state index contributed by atoms with van der Waals surface area (Å²) in [5.41, 5.74) is 0.921. The van der Waals surface area contributed by atoms with Crippen LogP contribution < -0.4 is 14.2 Å². The van der Waals surface area contributed by atoms with E-state index in [1.165, 1.54) is 37.1 Å². The van der Waals surface area contributed by atoms with E-state index < -0.39 is 0 Å². The normalized spacial score (nSPS) is 10.4. The van der Waals surface area contributed by atoms with Crippen LogP contribution in [0.4, 0.5) is 0 Å². The number of aromatic nitrogens is 2. The highest BCUT2D eigenvalue weighted by atomic mass is 35.5. The fourth-order valence-corrected chi connectivity index (χ4v) is 2.91. The number of rotatable bonds is 7. The number of halogens is 1. The molecule has 0 fully saturated rings. The minimum absolute atomic E-state index is 0.160. The zero-order valence-corrected chi connectivity index (χ0v) is 16.8. The highest BCUT2D eigenvalue weighted by Crippen LogP contribution is 2.40. The average Bonchev–Trinajstić information content (AvgIpc) is 2.67. The first-order valence-corrected chi connectivity index (χ1v) is 9.16. The van der Waals surface area contributed by atoms with Crippen molar-refractivity contribution in [3.05, 3.63) is 34.6 Å². The van der Waals surface area contributed by atoms with Crippen molar-refractivity contribution in [2.75, 3.05) is 34.6 Å². The number of benzene rings is 1. The van der Waals surface area contributed by atoms with E-state index in [1.54, 1.807) is 20.2 Å². The maximum absolute atomic E-state index is 12.8. The van der Waals surface area contributed by atoms with Crippen LogP contribution in [0.2, 0.25) is 5.02 Å². The van der Waals surface area contributed by atoms with Gasteiger partial charge in [-0.05, 0) is 18.4 Å². The molecule has 1 aromatic carbocycles. The van der Waals surface area contributed by atoms with Crippen LogP contribution >= 0.6 is 23.4 Å². The Bertz CT molecular complexity index is 804. The van der Waals surface area contributed by atoms with Crippen molar-refractivity contribution in [2.24, 2.45) is 0 Å². The van der Waals surface area contributed by atoms with E-state index in [1.807, 2.05) is 12.3 Å². The number of carbonyl (C=O) groups excluding carboxylic acids is 1. The predicted molar refractivity (Wildman–Crippen MR) is 101 cm³/mol. The number of methoxy groups -OCH3 is 3. The molecule has 1 aromatic heterocycles. The Morgan fingerprint density at radius 1 is 1.19 bits per heavy atom. The number of hydrogen-bond acceptors (Lipinski definition) is 7. The van der Waals surface area contributed by atoms with E-state index >= 15 is 0 Å². The lowest BCUT2D eigenvalue weighted by molar-refractivity contribution is 0.0777. The zero-order valence-electron chi connectivity index (χ0n) is 15.2. The van der Waals surface area contributed by atoms with Gasteiger partial charge < -0.3 is 19.1 Å². The van der Waals surface area contributed by atoms with Crippen LogP contribution in [0.3, 0.4) is 0 Å². The van der Waals surface area contributed by atoms with Crippen molar-refractivity contribution in [3.8, 4) is 17.2 Å². The molecule has 140 valence electrons. The third kappa shape index (κ3) is 4.13. The minimum Gasteiger partial charge on any atom is -0.493 e. The summed E-state index contributed by atoms with van der Waals surface area (Å²) in [4.78, 5) is 22.5. The van der Waals surface area contributed by atoms with Crippen LogP contribution in [0.5, 0.6) is 17.2 Å². The molecule has 1 amide bonds. The van der Waals surface area contributed by atoms with Gasteiger partial charge in [0.2, 0.25) is 5.75 Å². The Balaban J connectivity index is 2.32. The Hall–Kier alpha value is -2.19. The first-order chi connectivity index (χ1) is 12.5. The maximum Gasteiger partial charge on any atom is 0.274 e. The van der Waals surface area contributed by atoms with Gasteiger partial charge in [-0.15, -0.1) is 0 Å². The number of thioether (sulfide) groups is 1. The zero-order chi connectivity index (χ0) is 19.3. The van der Waals surface area contributed by atoms with Crippen molar-refractivity contribution in [1.82, 2.24) is 14.9 Å². The molecule has 0 N–H and O–H groups in total. The standard InChI is InChI=1S/C17H20ClN3O4S/c1-21(16(22)13-11(18)8-19-17(20-13)26-5)9-10-6-7-12(23-2)15(25-4)14(10)24-3/h6-8H,9H2,1-5H3. The van der Waals surface area contributed by atoms with Gasteiger partial charge in [-0.1, -0.05) is 23.4 Å². The Morgan fingerprint density at radius 2 is 1.88 bits per heavy atom. The van der Waals surface area contributed by atoms with Gasteiger partial charge in [0, 0.05) is 19.2 Å². The van der Waals surface area contributed by atoms with Crippen LogP contribution in [0.1, 0.15) is 16.1 Å². The molecule has 0 radical (unpaired) electrons. The summed E-state index contributed by atoms with van der Waals surface area (Å²) in [5.74, 6) is 1.21. The molecule has 7 nitrogen and oxygen atoms in total. The van der Waals surface area contributed by atoms with Gasteiger partial charge >= 0.3 is 0 Å². The Kier molecular flexibility index (Phi) is 6.93. The third-order valence-corrected chi connectivity index (χ3v) is 4.49. The van der Waals surface area contributed by atoms with Crippen molar-refractivity contribution in [3.63, 3.8) is 0 Å². The summed E-state index contributed by atoms with van der Waals surface area (Å²) < 4.78 is 16.1. The molecule has 0 spiro atoms. The van der Waals surface area contributed by atoms with E-state index in [2.05, 4.69) is 9.97 Å². The van der Waals surface area contributed by atoms with E-state index in [-0.39, 0.29) is 23.2 Å². The number of hydrogen-bond donors (Lipinski definition) is 0. The first kappa shape index (κ1) is 20.1. The second-order valence-electron chi connectivity index (χ2n) is 5.21. The largest absolute Gasteiger partial charge is 0.493 e. The Morgan fingerprint density at radius 3 is 2.46 bits per heavy atom.